The summed E-state index contributed by atoms with van der Waals surface area (Å²) in [5, 5.41) is 6.56. The molecule has 0 saturated carbocycles. The summed E-state index contributed by atoms with van der Waals surface area (Å²) in [4.78, 5) is 17.3. The molecule has 2 aromatic rings. The van der Waals surface area contributed by atoms with Gasteiger partial charge in [0.05, 0.1) is 23.4 Å². The summed E-state index contributed by atoms with van der Waals surface area (Å²) >= 11 is 0. The van der Waals surface area contributed by atoms with Gasteiger partial charge in [-0.2, -0.15) is 17.6 Å². The molecule has 2 atom stereocenters. The molecule has 1 aliphatic heterocycles. The molecule has 0 unspecified atom stereocenters. The van der Waals surface area contributed by atoms with Crippen molar-refractivity contribution in [2.24, 2.45) is 5.14 Å². The molecular weight excluding hydrogens is 491 g/mol. The number of pyridine rings is 1. The number of hydrogen-bond acceptors (Lipinski definition) is 7. The van der Waals surface area contributed by atoms with Gasteiger partial charge >= 0.3 is 6.18 Å². The fourth-order valence-electron chi connectivity index (χ4n) is 3.54. The predicted octanol–water partition coefficient (Wildman–Crippen LogP) is 2.18. The number of ether oxygens (including phenoxy) is 2. The second-order valence-corrected chi connectivity index (χ2v) is 8.78. The second-order valence-electron chi connectivity index (χ2n) is 7.27. The Labute approximate surface area is 194 Å². The number of nitrogens with zero attached hydrogens (tertiary/aromatic N) is 2. The molecule has 0 spiro atoms. The molecule has 1 aliphatic rings. The van der Waals surface area contributed by atoms with Gasteiger partial charge in [-0.1, -0.05) is 0 Å². The van der Waals surface area contributed by atoms with Crippen LogP contribution in [0.15, 0.2) is 35.5 Å². The second kappa shape index (κ2) is 8.96. The van der Waals surface area contributed by atoms with Crippen LogP contribution in [0.4, 0.5) is 33.3 Å². The van der Waals surface area contributed by atoms with Gasteiger partial charge in [0.1, 0.15) is 6.04 Å². The van der Waals surface area contributed by atoms with Gasteiger partial charge in [0.25, 0.3) is 10.0 Å². The number of nitrogens with two attached hydrogens (primary N) is 1. The summed E-state index contributed by atoms with van der Waals surface area (Å²) in [6, 6.07) is 1.44. The van der Waals surface area contributed by atoms with Crippen molar-refractivity contribution in [3.63, 3.8) is 0 Å². The van der Waals surface area contributed by atoms with Crippen LogP contribution >= 0.6 is 0 Å². The van der Waals surface area contributed by atoms with E-state index < -0.39 is 81.9 Å². The van der Waals surface area contributed by atoms with Crippen LogP contribution in [-0.2, 0) is 19.6 Å². The molecule has 3 rings (SSSR count). The number of amides is 1. The Hall–Kier alpha value is -3.04. The van der Waals surface area contributed by atoms with E-state index in [-0.39, 0.29) is 5.69 Å². The maximum atomic E-state index is 14.6. The Kier molecular flexibility index (Phi) is 5.66. The highest BCUT2D eigenvalue weighted by atomic mass is 32.2. The predicted molar refractivity (Wildman–Crippen MR) is 109 cm³/mol. The summed E-state index contributed by atoms with van der Waals surface area (Å²) in [5.41, 5.74) is -3.87. The van der Waals surface area contributed by atoms with E-state index in [2.05, 4.69) is 15.0 Å². The van der Waals surface area contributed by atoms with Crippen molar-refractivity contribution in [1.29, 1.82) is 0 Å². The largest absolute Gasteiger partial charge is 0.491 e. The molecule has 1 aromatic heterocycles. The normalized spacial score (nSPS) is 22.6. The van der Waals surface area contributed by atoms with Gasteiger partial charge in [0.15, 0.2) is 22.2 Å². The quantitative estimate of drug-likeness (QED) is 0.568. The number of alkyl halides is 3. The number of carbonyl (C=O) groups is 1. The summed E-state index contributed by atoms with van der Waals surface area (Å²) in [6.45, 7) is -1.13. The molecule has 15 heteroatoms. The lowest BCUT2D eigenvalue weighted by Gasteiger charge is -2.31. The standard InChI is InChI=1S/C19H19F5N4O5S/c1-32-16-12(4-3-11(20)15(16)21)28-9-18(33-2,19(22,23)24)8-13(28)17(29)27-10-5-6-26-14(7-10)34(25,30)31/h3-7,13H,8-9H2,1-2H3,(H2,25,30,31)(H,26,27,29)/t13-,18-/m1/s1/i1D3. The minimum Gasteiger partial charge on any atom is -0.491 e. The van der Waals surface area contributed by atoms with Gasteiger partial charge in [-0.15, -0.1) is 0 Å². The van der Waals surface area contributed by atoms with Gasteiger partial charge in [-0.25, -0.2) is 22.9 Å². The molecule has 3 N–H and O–H groups in total. The maximum absolute atomic E-state index is 14.6. The van der Waals surface area contributed by atoms with Gasteiger partial charge in [-0.05, 0) is 18.2 Å². The third-order valence-electron chi connectivity index (χ3n) is 5.27. The zero-order valence-electron chi connectivity index (χ0n) is 20.2. The first kappa shape index (κ1) is 21.5. The number of nitrogens with one attached hydrogen (secondary N) is 1. The van der Waals surface area contributed by atoms with E-state index >= 15 is 0 Å². The van der Waals surface area contributed by atoms with E-state index in [1.54, 1.807) is 0 Å². The minimum atomic E-state index is -5.06. The number of aromatic nitrogens is 1. The molecule has 186 valence electrons. The lowest BCUT2D eigenvalue weighted by molar-refractivity contribution is -0.261. The van der Waals surface area contributed by atoms with Crippen molar-refractivity contribution in [2.45, 2.75) is 29.3 Å². The molecule has 1 amide bonds. The first-order chi connectivity index (χ1) is 16.9. The van der Waals surface area contributed by atoms with Crippen LogP contribution in [0.3, 0.4) is 0 Å². The van der Waals surface area contributed by atoms with Gasteiger partial charge in [-0.3, -0.25) is 4.79 Å². The number of hydrogen-bond donors (Lipinski definition) is 2. The van der Waals surface area contributed by atoms with Crippen LogP contribution in [0.1, 0.15) is 10.5 Å². The zero-order valence-corrected chi connectivity index (χ0v) is 18.0. The topological polar surface area (TPSA) is 124 Å². The van der Waals surface area contributed by atoms with Crippen LogP contribution in [0.25, 0.3) is 0 Å². The number of methoxy groups -OCH3 is 2. The first-order valence-corrected chi connectivity index (χ1v) is 10.8. The smallest absolute Gasteiger partial charge is 0.419 e. The molecular formula is C19H19F5N4O5S. The van der Waals surface area contributed by atoms with Crippen molar-refractivity contribution < 1.29 is 48.8 Å². The van der Waals surface area contributed by atoms with Crippen molar-refractivity contribution in [2.75, 3.05) is 30.9 Å². The average Bonchev–Trinajstić information content (AvgIpc) is 3.17. The highest BCUT2D eigenvalue weighted by Gasteiger charge is 2.63. The highest BCUT2D eigenvalue weighted by molar-refractivity contribution is 7.89. The Balaban J connectivity index is 2.11. The summed E-state index contributed by atoms with van der Waals surface area (Å²) in [5.74, 6) is -5.75. The van der Waals surface area contributed by atoms with Crippen LogP contribution in [-0.4, -0.2) is 57.8 Å². The van der Waals surface area contributed by atoms with Crippen LogP contribution < -0.4 is 20.1 Å². The Bertz CT molecular complexity index is 1310. The molecule has 1 fully saturated rings. The number of rotatable bonds is 6. The number of halogens is 5. The molecule has 0 radical (unpaired) electrons. The Morgan fingerprint density at radius 2 is 2.06 bits per heavy atom. The maximum Gasteiger partial charge on any atom is 0.419 e. The zero-order chi connectivity index (χ0) is 28.0. The van der Waals surface area contributed by atoms with E-state index in [9.17, 15) is 35.2 Å². The number of sulfonamides is 1. The lowest BCUT2D eigenvalue weighted by atomic mass is 9.99. The van der Waals surface area contributed by atoms with Crippen LogP contribution in [0.2, 0.25) is 0 Å². The SMILES string of the molecule is [2H]C([2H])([2H])Oc1c(N2C[C@@](OC)(C(F)(F)F)C[C@@H]2C(=O)Nc2ccnc(S(N)(=O)=O)c2)ccc(F)c1F. The first-order valence-electron chi connectivity index (χ1n) is 10.7. The van der Waals surface area contributed by atoms with Gasteiger partial charge < -0.3 is 19.7 Å². The molecule has 1 aromatic carbocycles. The van der Waals surface area contributed by atoms with E-state index in [1.165, 1.54) is 0 Å². The van der Waals surface area contributed by atoms with Crippen molar-refractivity contribution in [1.82, 2.24) is 4.98 Å². The molecule has 34 heavy (non-hydrogen) atoms. The van der Waals surface area contributed by atoms with Gasteiger partial charge in [0, 0.05) is 31.5 Å². The molecule has 2 heterocycles. The van der Waals surface area contributed by atoms with Crippen LogP contribution in [0.5, 0.6) is 5.75 Å². The Morgan fingerprint density at radius 3 is 2.65 bits per heavy atom. The minimum absolute atomic E-state index is 0.213. The van der Waals surface area contributed by atoms with E-state index in [4.69, 9.17) is 14.0 Å². The fourth-order valence-corrected chi connectivity index (χ4v) is 4.04. The molecule has 0 aliphatic carbocycles. The van der Waals surface area contributed by atoms with Gasteiger partial charge in [0.2, 0.25) is 11.7 Å². The highest BCUT2D eigenvalue weighted by Crippen LogP contribution is 2.47. The molecule has 9 nitrogen and oxygen atoms in total. The molecule has 0 bridgehead atoms. The number of carbonyl (C=O) groups excluding carboxylic acids is 1. The number of benzene rings is 1. The monoisotopic (exact) mass is 513 g/mol. The third kappa shape index (κ3) is 4.63. The van der Waals surface area contributed by atoms with Crippen LogP contribution in [0, 0.1) is 11.6 Å². The Morgan fingerprint density at radius 1 is 1.35 bits per heavy atom. The number of anilines is 2. The molecule has 1 saturated heterocycles. The third-order valence-corrected chi connectivity index (χ3v) is 6.08. The lowest BCUT2D eigenvalue weighted by Crippen LogP contribution is -2.49. The van der Waals surface area contributed by atoms with E-state index in [0.717, 1.165) is 31.5 Å². The number of primary sulfonamides is 1. The van der Waals surface area contributed by atoms with E-state index in [0.29, 0.717) is 11.0 Å². The van der Waals surface area contributed by atoms with Crippen molar-refractivity contribution in [3.8, 4) is 5.75 Å². The average molecular weight is 513 g/mol. The summed E-state index contributed by atoms with van der Waals surface area (Å²) in [6.07, 6.45) is -5.15. The summed E-state index contributed by atoms with van der Waals surface area (Å²) < 4.78 is 125. The summed E-state index contributed by atoms with van der Waals surface area (Å²) in [7, 11) is -6.89. The van der Waals surface area contributed by atoms with Crippen molar-refractivity contribution in [3.05, 3.63) is 42.1 Å². The van der Waals surface area contributed by atoms with Crippen molar-refractivity contribution >= 4 is 27.3 Å². The van der Waals surface area contributed by atoms with E-state index in [1.807, 2.05) is 0 Å². The fraction of sp³-hybridized carbons (Fsp3) is 0.368.